The van der Waals surface area contributed by atoms with E-state index in [1.807, 2.05) is 0 Å². The maximum Gasteiger partial charge on any atom is 0.0765 e. The van der Waals surface area contributed by atoms with Gasteiger partial charge >= 0.3 is 0 Å². The highest BCUT2D eigenvalue weighted by Crippen LogP contribution is 2.32. The fourth-order valence-corrected chi connectivity index (χ4v) is 4.69. The Morgan fingerprint density at radius 1 is 1.17 bits per heavy atom. The molecule has 0 radical (unpaired) electrons. The first kappa shape index (κ1) is 15.6. The van der Waals surface area contributed by atoms with Crippen LogP contribution in [0, 0.1) is 5.92 Å². The molecule has 2 saturated heterocycles. The lowest BCUT2D eigenvalue weighted by Crippen LogP contribution is -2.45. The number of hydrogen-bond donors (Lipinski definition) is 1. The van der Waals surface area contributed by atoms with Crippen molar-refractivity contribution >= 4 is 0 Å². The molecule has 23 heavy (non-hydrogen) atoms. The standard InChI is InChI=1S/C18H29N3O2/c22-18-8-11-23-13-16(18)17-6-3-9-20(17)12-14-7-10-21(19-14)15-4-1-2-5-15/h7,10,15-18,22H,1-6,8-9,11-13H2/t16-,17-,18+/m0/s1. The van der Waals surface area contributed by atoms with Gasteiger partial charge in [0, 0.05) is 31.3 Å². The van der Waals surface area contributed by atoms with Gasteiger partial charge in [-0.3, -0.25) is 9.58 Å². The molecule has 0 spiro atoms. The molecule has 1 aliphatic carbocycles. The molecule has 2 aliphatic heterocycles. The van der Waals surface area contributed by atoms with Gasteiger partial charge in [-0.1, -0.05) is 12.8 Å². The van der Waals surface area contributed by atoms with E-state index in [1.165, 1.54) is 44.2 Å². The summed E-state index contributed by atoms with van der Waals surface area (Å²) >= 11 is 0. The van der Waals surface area contributed by atoms with Crippen LogP contribution in [0.2, 0.25) is 0 Å². The van der Waals surface area contributed by atoms with Crippen LogP contribution in [-0.2, 0) is 11.3 Å². The topological polar surface area (TPSA) is 50.5 Å². The zero-order valence-electron chi connectivity index (χ0n) is 13.9. The smallest absolute Gasteiger partial charge is 0.0765 e. The molecular weight excluding hydrogens is 290 g/mol. The minimum absolute atomic E-state index is 0.203. The third kappa shape index (κ3) is 3.32. The molecule has 3 atom stereocenters. The van der Waals surface area contributed by atoms with E-state index in [-0.39, 0.29) is 12.0 Å². The molecule has 1 N–H and O–H groups in total. The van der Waals surface area contributed by atoms with E-state index >= 15 is 0 Å². The third-order valence-corrected chi connectivity index (χ3v) is 6.00. The second kappa shape index (κ2) is 6.91. The van der Waals surface area contributed by atoms with Gasteiger partial charge in [0.2, 0.25) is 0 Å². The summed E-state index contributed by atoms with van der Waals surface area (Å²) in [6.45, 7) is 3.44. The molecule has 0 unspecified atom stereocenters. The van der Waals surface area contributed by atoms with Crippen molar-refractivity contribution in [2.45, 2.75) is 69.7 Å². The quantitative estimate of drug-likeness (QED) is 0.925. The van der Waals surface area contributed by atoms with Crippen molar-refractivity contribution in [2.24, 2.45) is 5.92 Å². The number of likely N-dealkylation sites (tertiary alicyclic amines) is 1. The molecule has 5 nitrogen and oxygen atoms in total. The van der Waals surface area contributed by atoms with Gasteiger partial charge in [-0.05, 0) is 44.7 Å². The monoisotopic (exact) mass is 319 g/mol. The van der Waals surface area contributed by atoms with Crippen LogP contribution < -0.4 is 0 Å². The Kier molecular flexibility index (Phi) is 4.69. The average Bonchev–Trinajstić information content (AvgIpc) is 3.29. The molecule has 3 heterocycles. The van der Waals surface area contributed by atoms with Crippen molar-refractivity contribution in [2.75, 3.05) is 19.8 Å². The van der Waals surface area contributed by atoms with Crippen LogP contribution >= 0.6 is 0 Å². The van der Waals surface area contributed by atoms with Crippen LogP contribution in [0.4, 0.5) is 0 Å². The SMILES string of the molecule is O[C@@H]1CCOC[C@H]1[C@@H]1CCCN1Cc1ccn(C2CCCC2)n1. The number of aliphatic hydroxyl groups is 1. The maximum atomic E-state index is 10.3. The summed E-state index contributed by atoms with van der Waals surface area (Å²) in [6, 6.07) is 3.25. The highest BCUT2D eigenvalue weighted by molar-refractivity contribution is 5.02. The van der Waals surface area contributed by atoms with Gasteiger partial charge in [0.1, 0.15) is 0 Å². The van der Waals surface area contributed by atoms with E-state index in [4.69, 9.17) is 9.84 Å². The number of hydrogen-bond acceptors (Lipinski definition) is 4. The Balaban J connectivity index is 1.41. The summed E-state index contributed by atoms with van der Waals surface area (Å²) in [5, 5.41) is 15.2. The van der Waals surface area contributed by atoms with Gasteiger partial charge in [0.15, 0.2) is 0 Å². The van der Waals surface area contributed by atoms with Gasteiger partial charge in [0.25, 0.3) is 0 Å². The number of aromatic nitrogens is 2. The second-order valence-electron chi connectivity index (χ2n) is 7.50. The van der Waals surface area contributed by atoms with Crippen LogP contribution in [0.3, 0.4) is 0 Å². The third-order valence-electron chi connectivity index (χ3n) is 6.00. The first-order chi connectivity index (χ1) is 11.3. The summed E-state index contributed by atoms with van der Waals surface area (Å²) in [7, 11) is 0. The minimum Gasteiger partial charge on any atom is -0.393 e. The van der Waals surface area contributed by atoms with E-state index in [2.05, 4.69) is 21.8 Å². The normalized spacial score (nSPS) is 33.5. The lowest BCUT2D eigenvalue weighted by Gasteiger charge is -2.36. The van der Waals surface area contributed by atoms with Crippen molar-refractivity contribution in [1.82, 2.24) is 14.7 Å². The number of aliphatic hydroxyl groups excluding tert-OH is 1. The fraction of sp³-hybridized carbons (Fsp3) is 0.833. The highest BCUT2D eigenvalue weighted by atomic mass is 16.5. The molecule has 3 fully saturated rings. The van der Waals surface area contributed by atoms with Gasteiger partial charge in [-0.25, -0.2) is 0 Å². The highest BCUT2D eigenvalue weighted by Gasteiger charge is 2.37. The number of rotatable bonds is 4. The molecule has 4 rings (SSSR count). The first-order valence-electron chi connectivity index (χ1n) is 9.35. The van der Waals surface area contributed by atoms with E-state index < -0.39 is 0 Å². The average molecular weight is 319 g/mol. The minimum atomic E-state index is -0.203. The second-order valence-corrected chi connectivity index (χ2v) is 7.50. The Morgan fingerprint density at radius 3 is 2.87 bits per heavy atom. The largest absolute Gasteiger partial charge is 0.393 e. The van der Waals surface area contributed by atoms with Crippen LogP contribution in [0.5, 0.6) is 0 Å². The van der Waals surface area contributed by atoms with Crippen LogP contribution in [0.15, 0.2) is 12.3 Å². The lowest BCUT2D eigenvalue weighted by atomic mass is 9.89. The molecule has 0 amide bonds. The molecular formula is C18H29N3O2. The molecule has 0 aromatic carbocycles. The van der Waals surface area contributed by atoms with E-state index in [9.17, 15) is 5.11 Å². The predicted octanol–water partition coefficient (Wildman–Crippen LogP) is 2.36. The van der Waals surface area contributed by atoms with Crippen molar-refractivity contribution in [3.63, 3.8) is 0 Å². The Labute approximate surface area is 138 Å². The van der Waals surface area contributed by atoms with Crippen molar-refractivity contribution in [3.05, 3.63) is 18.0 Å². The van der Waals surface area contributed by atoms with Crippen molar-refractivity contribution in [3.8, 4) is 0 Å². The van der Waals surface area contributed by atoms with Gasteiger partial charge in [-0.2, -0.15) is 5.10 Å². The number of ether oxygens (including phenoxy) is 1. The van der Waals surface area contributed by atoms with Crippen molar-refractivity contribution < 1.29 is 9.84 Å². The Bertz CT molecular complexity index is 512. The Hall–Kier alpha value is -0.910. The van der Waals surface area contributed by atoms with Crippen molar-refractivity contribution in [1.29, 1.82) is 0 Å². The summed E-state index contributed by atoms with van der Waals surface area (Å²) in [6.07, 6.45) is 10.4. The zero-order chi connectivity index (χ0) is 15.6. The lowest BCUT2D eigenvalue weighted by molar-refractivity contribution is -0.0637. The van der Waals surface area contributed by atoms with Gasteiger partial charge in [0.05, 0.1) is 24.4 Å². The summed E-state index contributed by atoms with van der Waals surface area (Å²) in [5.74, 6) is 0.267. The van der Waals surface area contributed by atoms with Crippen LogP contribution in [0.25, 0.3) is 0 Å². The van der Waals surface area contributed by atoms with Gasteiger partial charge in [-0.15, -0.1) is 0 Å². The van der Waals surface area contributed by atoms with Gasteiger partial charge < -0.3 is 9.84 Å². The molecule has 1 aromatic heterocycles. The zero-order valence-corrected chi connectivity index (χ0v) is 13.9. The molecule has 3 aliphatic rings. The molecule has 1 saturated carbocycles. The molecule has 0 bridgehead atoms. The first-order valence-corrected chi connectivity index (χ1v) is 9.35. The van der Waals surface area contributed by atoms with E-state index in [1.54, 1.807) is 0 Å². The van der Waals surface area contributed by atoms with Crippen LogP contribution in [0.1, 0.15) is 56.7 Å². The predicted molar refractivity (Wildman–Crippen MR) is 88.1 cm³/mol. The molecule has 1 aromatic rings. The summed E-state index contributed by atoms with van der Waals surface area (Å²) in [4.78, 5) is 2.52. The number of nitrogens with zero attached hydrogens (tertiary/aromatic N) is 3. The fourth-order valence-electron chi connectivity index (χ4n) is 4.69. The maximum absolute atomic E-state index is 10.3. The summed E-state index contributed by atoms with van der Waals surface area (Å²) in [5.41, 5.74) is 1.18. The van der Waals surface area contributed by atoms with E-state index in [0.29, 0.717) is 25.3 Å². The molecule has 5 heteroatoms. The molecule has 128 valence electrons. The summed E-state index contributed by atoms with van der Waals surface area (Å²) < 4.78 is 7.82. The van der Waals surface area contributed by atoms with Crippen LogP contribution in [-0.4, -0.2) is 51.7 Å². The van der Waals surface area contributed by atoms with E-state index in [0.717, 1.165) is 19.5 Å². The Morgan fingerprint density at radius 2 is 2.04 bits per heavy atom.